The van der Waals surface area contributed by atoms with Gasteiger partial charge in [0.1, 0.15) is 0 Å². The predicted molar refractivity (Wildman–Crippen MR) is 88.5 cm³/mol. The zero-order valence-electron chi connectivity index (χ0n) is 12.1. The summed E-state index contributed by atoms with van der Waals surface area (Å²) < 4.78 is 0. The molecule has 0 bridgehead atoms. The van der Waals surface area contributed by atoms with Gasteiger partial charge >= 0.3 is 0 Å². The van der Waals surface area contributed by atoms with Crippen molar-refractivity contribution in [3.8, 4) is 11.1 Å². The van der Waals surface area contributed by atoms with Crippen molar-refractivity contribution in [2.45, 2.75) is 12.8 Å². The smallest absolute Gasteiger partial charge is 0.0355 e. The van der Waals surface area contributed by atoms with Crippen molar-refractivity contribution < 1.29 is 0 Å². The molecule has 0 fully saturated rings. The molecule has 0 spiro atoms. The minimum Gasteiger partial charge on any atom is -0.0619 e. The molecule has 4 rings (SSSR count). The van der Waals surface area contributed by atoms with Gasteiger partial charge in [0.25, 0.3) is 0 Å². The molecule has 0 heteroatoms. The van der Waals surface area contributed by atoms with Crippen LogP contribution in [0.25, 0.3) is 11.1 Å². The van der Waals surface area contributed by atoms with Crippen molar-refractivity contribution in [3.63, 3.8) is 0 Å². The van der Waals surface area contributed by atoms with E-state index in [-0.39, 0.29) is 0 Å². The summed E-state index contributed by atoms with van der Waals surface area (Å²) >= 11 is 0. The van der Waals surface area contributed by atoms with Crippen molar-refractivity contribution in [1.82, 2.24) is 0 Å². The van der Waals surface area contributed by atoms with Crippen LogP contribution in [0, 0.1) is 13.8 Å². The van der Waals surface area contributed by atoms with Gasteiger partial charge in [-0.25, -0.2) is 0 Å². The van der Waals surface area contributed by atoms with E-state index in [0.29, 0.717) is 5.92 Å². The molecular formula is C21H17. The normalized spacial score (nSPS) is 13.0. The molecule has 1 radical (unpaired) electrons. The van der Waals surface area contributed by atoms with Crippen LogP contribution in [0.3, 0.4) is 0 Å². The second-order valence-corrected chi connectivity index (χ2v) is 5.74. The van der Waals surface area contributed by atoms with E-state index in [1.165, 1.54) is 33.4 Å². The third kappa shape index (κ3) is 1.76. The fourth-order valence-corrected chi connectivity index (χ4v) is 3.51. The molecule has 0 heterocycles. The molecule has 0 saturated carbocycles. The topological polar surface area (TPSA) is 0 Å². The fraction of sp³-hybridized carbons (Fsp3) is 0.0952. The lowest BCUT2D eigenvalue weighted by Gasteiger charge is -2.18. The maximum Gasteiger partial charge on any atom is 0.0355 e. The van der Waals surface area contributed by atoms with Crippen molar-refractivity contribution >= 4 is 0 Å². The Balaban J connectivity index is 2.03. The van der Waals surface area contributed by atoms with Gasteiger partial charge in [-0.15, -0.1) is 0 Å². The predicted octanol–water partition coefficient (Wildman–Crippen LogP) is 5.34. The Bertz CT molecular complexity index is 781. The number of benzene rings is 3. The fourth-order valence-electron chi connectivity index (χ4n) is 3.51. The monoisotopic (exact) mass is 269 g/mol. The van der Waals surface area contributed by atoms with Gasteiger partial charge in [0.2, 0.25) is 0 Å². The number of hydrogen-bond donors (Lipinski definition) is 0. The maximum atomic E-state index is 4.16. The first kappa shape index (κ1) is 12.4. The Hall–Kier alpha value is -2.34. The number of fused-ring (bicyclic) bond motifs is 3. The maximum absolute atomic E-state index is 4.16. The van der Waals surface area contributed by atoms with Gasteiger partial charge < -0.3 is 0 Å². The summed E-state index contributed by atoms with van der Waals surface area (Å²) in [6.45, 7) is 6.35. The van der Waals surface area contributed by atoms with Gasteiger partial charge in [-0.2, -0.15) is 0 Å². The average molecular weight is 269 g/mol. The third-order valence-corrected chi connectivity index (χ3v) is 4.63. The summed E-state index contributed by atoms with van der Waals surface area (Å²) in [6, 6.07) is 24.0. The Morgan fingerprint density at radius 3 is 1.81 bits per heavy atom. The molecule has 0 atom stereocenters. The van der Waals surface area contributed by atoms with E-state index in [0.717, 1.165) is 5.56 Å². The third-order valence-electron chi connectivity index (χ3n) is 4.63. The molecule has 0 aromatic heterocycles. The highest BCUT2D eigenvalue weighted by molar-refractivity contribution is 5.80. The molecule has 21 heavy (non-hydrogen) atoms. The van der Waals surface area contributed by atoms with E-state index >= 15 is 0 Å². The van der Waals surface area contributed by atoms with Crippen LogP contribution in [-0.4, -0.2) is 0 Å². The quantitative estimate of drug-likeness (QED) is 0.437. The molecule has 3 aromatic carbocycles. The number of rotatable bonds is 1. The highest BCUT2D eigenvalue weighted by Gasteiger charge is 2.30. The van der Waals surface area contributed by atoms with Crippen LogP contribution in [-0.2, 0) is 0 Å². The first-order chi connectivity index (χ1) is 10.3. The van der Waals surface area contributed by atoms with Gasteiger partial charge in [-0.3, -0.25) is 0 Å². The lowest BCUT2D eigenvalue weighted by atomic mass is 9.85. The molecular weight excluding hydrogens is 252 g/mol. The summed E-state index contributed by atoms with van der Waals surface area (Å²) in [5, 5.41) is 0. The first-order valence-electron chi connectivity index (χ1n) is 7.37. The zero-order chi connectivity index (χ0) is 14.4. The van der Waals surface area contributed by atoms with Crippen LogP contribution in [0.5, 0.6) is 0 Å². The van der Waals surface area contributed by atoms with Crippen LogP contribution in [0.2, 0.25) is 0 Å². The molecule has 0 amide bonds. The summed E-state index contributed by atoms with van der Waals surface area (Å²) in [6.07, 6.45) is 0. The van der Waals surface area contributed by atoms with Gasteiger partial charge in [0.15, 0.2) is 0 Å². The Morgan fingerprint density at radius 1 is 0.667 bits per heavy atom. The molecule has 0 saturated heterocycles. The second kappa shape index (κ2) is 4.60. The molecule has 0 aliphatic heterocycles. The highest BCUT2D eigenvalue weighted by atomic mass is 14.3. The minimum absolute atomic E-state index is 0.332. The summed E-state index contributed by atoms with van der Waals surface area (Å²) in [4.78, 5) is 0. The Kier molecular flexibility index (Phi) is 2.71. The van der Waals surface area contributed by atoms with E-state index in [2.05, 4.69) is 80.6 Å². The van der Waals surface area contributed by atoms with Crippen LogP contribution < -0.4 is 0 Å². The van der Waals surface area contributed by atoms with Crippen molar-refractivity contribution in [1.29, 1.82) is 0 Å². The molecule has 3 aromatic rings. The molecule has 101 valence electrons. The van der Waals surface area contributed by atoms with Gasteiger partial charge in [-0.05, 0) is 52.8 Å². The largest absolute Gasteiger partial charge is 0.0619 e. The van der Waals surface area contributed by atoms with Crippen molar-refractivity contribution in [3.05, 3.63) is 101 Å². The second-order valence-electron chi connectivity index (χ2n) is 5.74. The van der Waals surface area contributed by atoms with E-state index in [1.807, 2.05) is 0 Å². The van der Waals surface area contributed by atoms with E-state index in [9.17, 15) is 0 Å². The minimum atomic E-state index is 0.332. The zero-order valence-corrected chi connectivity index (χ0v) is 12.1. The van der Waals surface area contributed by atoms with Gasteiger partial charge in [-0.1, -0.05) is 66.7 Å². The average Bonchev–Trinajstić information content (AvgIpc) is 2.85. The van der Waals surface area contributed by atoms with E-state index in [1.54, 1.807) is 0 Å². The summed E-state index contributed by atoms with van der Waals surface area (Å²) in [7, 11) is 0. The molecule has 1 aliphatic rings. The van der Waals surface area contributed by atoms with E-state index in [4.69, 9.17) is 0 Å². The van der Waals surface area contributed by atoms with Crippen molar-refractivity contribution in [2.75, 3.05) is 0 Å². The molecule has 0 N–H and O–H groups in total. The first-order valence-corrected chi connectivity index (χ1v) is 7.37. The summed E-state index contributed by atoms with van der Waals surface area (Å²) in [5.74, 6) is 0.332. The van der Waals surface area contributed by atoms with Crippen LogP contribution >= 0.6 is 0 Å². The van der Waals surface area contributed by atoms with Crippen LogP contribution in [0.4, 0.5) is 0 Å². The standard InChI is InChI=1S/C21H17/c1-14-8-7-13-16(15(14)2)21-19-11-5-3-9-17(19)18-10-4-6-12-20(18)21/h3-13,21H,1H2,2H3. The van der Waals surface area contributed by atoms with E-state index < -0.39 is 0 Å². The number of hydrogen-bond acceptors (Lipinski definition) is 0. The SMILES string of the molecule is [CH2]c1cccc(C2c3ccccc3-c3ccccc32)c1C. The summed E-state index contributed by atoms with van der Waals surface area (Å²) in [5.41, 5.74) is 9.35. The Labute approximate surface area is 126 Å². The molecule has 0 nitrogen and oxygen atoms in total. The van der Waals surface area contributed by atoms with Crippen LogP contribution in [0.1, 0.15) is 33.7 Å². The van der Waals surface area contributed by atoms with Gasteiger partial charge in [0, 0.05) is 5.92 Å². The molecule has 1 aliphatic carbocycles. The molecule has 0 unspecified atom stereocenters. The van der Waals surface area contributed by atoms with Crippen molar-refractivity contribution in [2.24, 2.45) is 0 Å². The highest BCUT2D eigenvalue weighted by Crippen LogP contribution is 2.48. The Morgan fingerprint density at radius 2 is 1.19 bits per heavy atom. The van der Waals surface area contributed by atoms with Crippen LogP contribution in [0.15, 0.2) is 66.7 Å². The lowest BCUT2D eigenvalue weighted by molar-refractivity contribution is 0.994. The lowest BCUT2D eigenvalue weighted by Crippen LogP contribution is -2.02. The van der Waals surface area contributed by atoms with Gasteiger partial charge in [0.05, 0.1) is 0 Å².